The van der Waals surface area contributed by atoms with Gasteiger partial charge in [-0.05, 0) is 5.53 Å². The van der Waals surface area contributed by atoms with Crippen molar-refractivity contribution in [2.75, 3.05) is 19.1 Å². The predicted octanol–water partition coefficient (Wildman–Crippen LogP) is 0.341. The van der Waals surface area contributed by atoms with E-state index >= 15 is 0 Å². The number of azide groups is 1. The van der Waals surface area contributed by atoms with Crippen LogP contribution in [0.3, 0.4) is 0 Å². The van der Waals surface area contributed by atoms with Crippen LogP contribution in [0.4, 0.5) is 5.82 Å². The molecule has 3 N–H and O–H groups in total. The Morgan fingerprint density at radius 3 is 3.18 bits per heavy atom. The molecule has 0 unspecified atom stereocenters. The summed E-state index contributed by atoms with van der Waals surface area (Å²) in [7, 11) is 0. The van der Waals surface area contributed by atoms with Gasteiger partial charge in [0, 0.05) is 11.3 Å². The molecule has 0 amide bonds. The number of hydrogen-bond donors (Lipinski definition) is 2. The quantitative estimate of drug-likeness (QED) is 0.458. The lowest BCUT2D eigenvalue weighted by Crippen LogP contribution is -2.27. The van der Waals surface area contributed by atoms with Gasteiger partial charge in [-0.1, -0.05) is 5.11 Å². The van der Waals surface area contributed by atoms with Gasteiger partial charge < -0.3 is 20.3 Å². The Labute approximate surface area is 124 Å². The molecule has 1 aliphatic rings. The van der Waals surface area contributed by atoms with Gasteiger partial charge >= 0.3 is 0 Å². The van der Waals surface area contributed by atoms with E-state index in [1.165, 1.54) is 6.33 Å². The molecule has 3 rings (SSSR count). The first-order valence-corrected chi connectivity index (χ1v) is 6.56. The van der Waals surface area contributed by atoms with Gasteiger partial charge in [0.15, 0.2) is 11.5 Å². The van der Waals surface area contributed by atoms with Gasteiger partial charge in [0.1, 0.15) is 30.9 Å². The molecule has 0 aliphatic carbocycles. The van der Waals surface area contributed by atoms with E-state index in [9.17, 15) is 5.11 Å². The smallest absolute Gasteiger partial charge is 0.167 e. The molecule has 0 bridgehead atoms. The Kier molecular flexibility index (Phi) is 4.02. The zero-order chi connectivity index (χ0) is 15.5. The Morgan fingerprint density at radius 2 is 2.41 bits per heavy atom. The highest BCUT2D eigenvalue weighted by Crippen LogP contribution is 2.32. The van der Waals surface area contributed by atoms with Gasteiger partial charge in [0.25, 0.3) is 0 Å². The van der Waals surface area contributed by atoms with Crippen LogP contribution in [0.25, 0.3) is 21.6 Å². The summed E-state index contributed by atoms with van der Waals surface area (Å²) < 4.78 is 12.9. The fourth-order valence-electron chi connectivity index (χ4n) is 2.45. The number of imidazole rings is 1. The van der Waals surface area contributed by atoms with Crippen LogP contribution in [0.5, 0.6) is 0 Å². The average Bonchev–Trinajstić information content (AvgIpc) is 3.12. The molecule has 2 aromatic heterocycles. The van der Waals surface area contributed by atoms with E-state index in [1.807, 2.05) is 0 Å². The summed E-state index contributed by atoms with van der Waals surface area (Å²) in [6.45, 7) is -0.325. The molecule has 116 valence electrons. The van der Waals surface area contributed by atoms with Crippen molar-refractivity contribution in [3.05, 3.63) is 23.1 Å². The fraction of sp³-hybridized carbons (Fsp3) is 0.545. The SMILES string of the molecule is [N-]=[N+]=NCO[C@H]1C[C@H](n2cnc3c(N)ncnc32)O[C@@H]1CO. The van der Waals surface area contributed by atoms with Gasteiger partial charge in [0.2, 0.25) is 0 Å². The van der Waals surface area contributed by atoms with Crippen LogP contribution in [0, 0.1) is 0 Å². The second-order valence-corrected chi connectivity index (χ2v) is 4.70. The molecule has 1 saturated heterocycles. The number of hydrogen-bond acceptors (Lipinski definition) is 8. The molecule has 0 aromatic carbocycles. The van der Waals surface area contributed by atoms with E-state index in [-0.39, 0.29) is 19.2 Å². The Balaban J connectivity index is 1.82. The minimum absolute atomic E-state index is 0.118. The Morgan fingerprint density at radius 1 is 1.55 bits per heavy atom. The zero-order valence-electron chi connectivity index (χ0n) is 11.5. The van der Waals surface area contributed by atoms with Crippen LogP contribution >= 0.6 is 0 Å². The van der Waals surface area contributed by atoms with Crippen LogP contribution in [-0.2, 0) is 9.47 Å². The van der Waals surface area contributed by atoms with Crippen LogP contribution in [0.2, 0.25) is 0 Å². The highest BCUT2D eigenvalue weighted by atomic mass is 16.6. The lowest BCUT2D eigenvalue weighted by molar-refractivity contribution is -0.0594. The van der Waals surface area contributed by atoms with Crippen molar-refractivity contribution in [1.82, 2.24) is 19.5 Å². The highest BCUT2D eigenvalue weighted by Gasteiger charge is 2.37. The summed E-state index contributed by atoms with van der Waals surface area (Å²) in [4.78, 5) is 14.8. The largest absolute Gasteiger partial charge is 0.394 e. The first kappa shape index (κ1) is 14.5. The van der Waals surface area contributed by atoms with Gasteiger partial charge in [-0.3, -0.25) is 4.57 Å². The van der Waals surface area contributed by atoms with Gasteiger partial charge in [-0.2, -0.15) is 0 Å². The third-order valence-electron chi connectivity index (χ3n) is 3.47. The predicted molar refractivity (Wildman–Crippen MR) is 74.2 cm³/mol. The maximum Gasteiger partial charge on any atom is 0.167 e. The minimum atomic E-state index is -0.518. The van der Waals surface area contributed by atoms with Gasteiger partial charge in [-0.25, -0.2) is 15.0 Å². The molecule has 11 heteroatoms. The minimum Gasteiger partial charge on any atom is -0.394 e. The lowest BCUT2D eigenvalue weighted by Gasteiger charge is -2.15. The summed E-state index contributed by atoms with van der Waals surface area (Å²) in [5.41, 5.74) is 15.1. The van der Waals surface area contributed by atoms with Crippen LogP contribution < -0.4 is 5.73 Å². The molecular formula is C11H14N8O3. The van der Waals surface area contributed by atoms with Crippen LogP contribution in [0.1, 0.15) is 12.6 Å². The number of fused-ring (bicyclic) bond motifs is 1. The molecule has 0 radical (unpaired) electrons. The fourth-order valence-corrected chi connectivity index (χ4v) is 2.45. The van der Waals surface area contributed by atoms with E-state index in [4.69, 9.17) is 20.7 Å². The zero-order valence-corrected chi connectivity index (χ0v) is 11.5. The maximum atomic E-state index is 9.39. The van der Waals surface area contributed by atoms with E-state index in [0.717, 1.165) is 0 Å². The number of aromatic nitrogens is 4. The summed E-state index contributed by atoms with van der Waals surface area (Å²) in [5.74, 6) is 0.289. The molecule has 2 aromatic rings. The van der Waals surface area contributed by atoms with E-state index in [1.54, 1.807) is 10.9 Å². The number of aliphatic hydroxyl groups is 1. The highest BCUT2D eigenvalue weighted by molar-refractivity contribution is 5.81. The van der Waals surface area contributed by atoms with Crippen molar-refractivity contribution in [1.29, 1.82) is 0 Å². The third kappa shape index (κ3) is 2.53. The summed E-state index contributed by atoms with van der Waals surface area (Å²) in [6.07, 6.45) is 2.05. The molecule has 1 fully saturated rings. The van der Waals surface area contributed by atoms with Crippen molar-refractivity contribution >= 4 is 17.0 Å². The number of rotatable bonds is 5. The molecular weight excluding hydrogens is 292 g/mol. The second kappa shape index (κ2) is 6.12. The van der Waals surface area contributed by atoms with E-state index in [2.05, 4.69) is 25.0 Å². The van der Waals surface area contributed by atoms with E-state index < -0.39 is 18.4 Å². The first-order chi connectivity index (χ1) is 10.7. The molecule has 3 atom stereocenters. The topological polar surface area (TPSA) is 157 Å². The normalized spacial score (nSPS) is 24.5. The molecule has 1 aliphatic heterocycles. The van der Waals surface area contributed by atoms with Crippen LogP contribution in [-0.4, -0.2) is 50.2 Å². The van der Waals surface area contributed by atoms with Gasteiger partial charge in [0.05, 0.1) is 19.0 Å². The van der Waals surface area contributed by atoms with Crippen molar-refractivity contribution < 1.29 is 14.6 Å². The molecule has 11 nitrogen and oxygen atoms in total. The van der Waals surface area contributed by atoms with E-state index in [0.29, 0.717) is 17.6 Å². The summed E-state index contributed by atoms with van der Waals surface area (Å²) in [6, 6.07) is 0. The number of ether oxygens (including phenoxy) is 2. The third-order valence-corrected chi connectivity index (χ3v) is 3.47. The maximum absolute atomic E-state index is 9.39. The molecule has 22 heavy (non-hydrogen) atoms. The lowest BCUT2D eigenvalue weighted by atomic mass is 10.2. The van der Waals surface area contributed by atoms with Crippen molar-refractivity contribution in [2.24, 2.45) is 5.11 Å². The molecule has 0 saturated carbocycles. The number of nitrogen functional groups attached to an aromatic ring is 1. The Hall–Kier alpha value is -2.46. The van der Waals surface area contributed by atoms with Crippen molar-refractivity contribution in [3.8, 4) is 0 Å². The number of anilines is 1. The summed E-state index contributed by atoms with van der Waals surface area (Å²) >= 11 is 0. The number of nitrogens with two attached hydrogens (primary N) is 1. The molecule has 0 spiro atoms. The van der Waals surface area contributed by atoms with Crippen molar-refractivity contribution in [3.63, 3.8) is 0 Å². The van der Waals surface area contributed by atoms with Gasteiger partial charge in [-0.15, -0.1) is 0 Å². The summed E-state index contributed by atoms with van der Waals surface area (Å²) in [5, 5.41) is 12.7. The Bertz CT molecular complexity index is 712. The monoisotopic (exact) mass is 306 g/mol. The van der Waals surface area contributed by atoms with Crippen LogP contribution in [0.15, 0.2) is 17.8 Å². The second-order valence-electron chi connectivity index (χ2n) is 4.70. The number of aliphatic hydroxyl groups excluding tert-OH is 1. The first-order valence-electron chi connectivity index (χ1n) is 6.56. The molecule has 3 heterocycles. The standard InChI is InChI=1S/C11H14N8O3/c12-10-9-11(15-3-14-10)19(4-16-9)8-1-6(7(2-20)22-8)21-5-17-18-13/h3-4,6-8,20H,1-2,5H2,(H2,12,14,15)/t6-,7+,8+/m0/s1. The number of nitrogens with zero attached hydrogens (tertiary/aromatic N) is 7. The average molecular weight is 306 g/mol. The van der Waals surface area contributed by atoms with Crippen molar-refractivity contribution in [2.45, 2.75) is 24.9 Å².